The van der Waals surface area contributed by atoms with Gasteiger partial charge >= 0.3 is 0 Å². The third-order valence-corrected chi connectivity index (χ3v) is 6.85. The van der Waals surface area contributed by atoms with Crippen LogP contribution in [0.1, 0.15) is 42.6 Å². The largest absolute Gasteiger partial charge is 0.394 e. The third kappa shape index (κ3) is 5.12. The molecule has 33 heavy (non-hydrogen) atoms. The Balaban J connectivity index is 1.73. The highest BCUT2D eigenvalue weighted by atomic mass is 16.5. The van der Waals surface area contributed by atoms with Gasteiger partial charge in [-0.2, -0.15) is 0 Å². The van der Waals surface area contributed by atoms with Gasteiger partial charge in [0.15, 0.2) is 0 Å². The Morgan fingerprint density at radius 2 is 1.76 bits per heavy atom. The number of rotatable bonds is 5. The molecule has 6 nitrogen and oxygen atoms in total. The summed E-state index contributed by atoms with van der Waals surface area (Å²) in [6.45, 7) is 5.10. The Bertz CT molecular complexity index is 1000. The Kier molecular flexibility index (Phi) is 7.15. The van der Waals surface area contributed by atoms with E-state index in [4.69, 9.17) is 4.74 Å². The van der Waals surface area contributed by atoms with Gasteiger partial charge in [-0.15, -0.1) is 0 Å². The van der Waals surface area contributed by atoms with E-state index < -0.39 is 0 Å². The van der Waals surface area contributed by atoms with Crippen molar-refractivity contribution >= 4 is 11.8 Å². The molecule has 1 fully saturated rings. The van der Waals surface area contributed by atoms with Crippen molar-refractivity contribution in [2.24, 2.45) is 11.8 Å². The number of carbonyl (C=O) groups is 2. The number of nitrogens with zero attached hydrogens (tertiary/aromatic N) is 2. The maximum absolute atomic E-state index is 13.8. The molecule has 2 aromatic rings. The molecule has 4 rings (SSSR count). The summed E-state index contributed by atoms with van der Waals surface area (Å²) >= 11 is 0. The Hall–Kier alpha value is -2.70. The van der Waals surface area contributed by atoms with E-state index in [9.17, 15) is 14.7 Å². The summed E-state index contributed by atoms with van der Waals surface area (Å²) in [6, 6.07) is 15.3. The molecule has 6 heteroatoms. The zero-order valence-corrected chi connectivity index (χ0v) is 19.7. The molecule has 0 unspecified atom stereocenters. The second-order valence-electron chi connectivity index (χ2n) is 9.51. The van der Waals surface area contributed by atoms with Crippen LogP contribution in [-0.2, 0) is 16.1 Å². The molecule has 2 amide bonds. The highest BCUT2D eigenvalue weighted by molar-refractivity contribution is 6.01. The Morgan fingerprint density at radius 3 is 2.42 bits per heavy atom. The van der Waals surface area contributed by atoms with Crippen molar-refractivity contribution in [3.63, 3.8) is 0 Å². The standard InChI is InChI=1S/C27H34N2O4/c1-18-14-29(19(2)16-30)27(32)24-11-7-6-10-23(24)22-9-5-4-8-21(22)17-33-25(18)15-28(3)26(31)20-12-13-20/h4-11,18-20,25,30H,12-17H2,1-3H3/t18-,19+,25+/m1/s1. The van der Waals surface area contributed by atoms with Crippen LogP contribution in [0.3, 0.4) is 0 Å². The maximum atomic E-state index is 13.8. The molecular weight excluding hydrogens is 416 g/mol. The number of hydrogen-bond acceptors (Lipinski definition) is 4. The van der Waals surface area contributed by atoms with Crippen LogP contribution >= 0.6 is 0 Å². The number of benzene rings is 2. The van der Waals surface area contributed by atoms with E-state index in [1.807, 2.05) is 62.5 Å². The van der Waals surface area contributed by atoms with Gasteiger partial charge in [0.1, 0.15) is 0 Å². The molecule has 0 radical (unpaired) electrons. The number of carbonyl (C=O) groups excluding carboxylic acids is 2. The highest BCUT2D eigenvalue weighted by Gasteiger charge is 2.35. The minimum absolute atomic E-state index is 0.0326. The first-order valence-electron chi connectivity index (χ1n) is 11.9. The molecule has 2 aromatic carbocycles. The number of fused-ring (bicyclic) bond motifs is 3. The number of likely N-dealkylation sites (N-methyl/N-ethyl adjacent to an activating group) is 1. The Morgan fingerprint density at radius 1 is 1.12 bits per heavy atom. The number of aliphatic hydroxyl groups is 1. The second-order valence-corrected chi connectivity index (χ2v) is 9.51. The van der Waals surface area contributed by atoms with Crippen molar-refractivity contribution in [2.75, 3.05) is 26.7 Å². The van der Waals surface area contributed by atoms with E-state index in [-0.39, 0.29) is 42.4 Å². The van der Waals surface area contributed by atoms with E-state index in [0.29, 0.717) is 25.3 Å². The van der Waals surface area contributed by atoms with Crippen LogP contribution in [-0.4, -0.2) is 65.6 Å². The fourth-order valence-electron chi connectivity index (χ4n) is 4.55. The molecule has 3 atom stereocenters. The Labute approximate surface area is 196 Å². The monoisotopic (exact) mass is 450 g/mol. The third-order valence-electron chi connectivity index (χ3n) is 6.85. The predicted molar refractivity (Wildman–Crippen MR) is 128 cm³/mol. The molecule has 1 N–H and O–H groups in total. The summed E-state index contributed by atoms with van der Waals surface area (Å²) in [5.74, 6) is 0.187. The van der Waals surface area contributed by atoms with Gasteiger partial charge in [0.2, 0.25) is 5.91 Å². The molecular formula is C27H34N2O4. The first-order valence-corrected chi connectivity index (χ1v) is 11.9. The lowest BCUT2D eigenvalue weighted by Crippen LogP contribution is -2.47. The predicted octanol–water partition coefficient (Wildman–Crippen LogP) is 3.58. The van der Waals surface area contributed by atoms with Crippen LogP contribution in [0.15, 0.2) is 48.5 Å². The van der Waals surface area contributed by atoms with Crippen molar-refractivity contribution in [3.8, 4) is 11.1 Å². The van der Waals surface area contributed by atoms with Gasteiger partial charge in [0, 0.05) is 37.5 Å². The molecule has 1 heterocycles. The van der Waals surface area contributed by atoms with Crippen molar-refractivity contribution in [1.29, 1.82) is 0 Å². The minimum atomic E-state index is -0.338. The lowest BCUT2D eigenvalue weighted by Gasteiger charge is -2.35. The zero-order chi connectivity index (χ0) is 23.5. The zero-order valence-electron chi connectivity index (χ0n) is 19.7. The van der Waals surface area contributed by atoms with Crippen LogP contribution in [0.4, 0.5) is 0 Å². The number of amides is 2. The summed E-state index contributed by atoms with van der Waals surface area (Å²) < 4.78 is 6.45. The summed E-state index contributed by atoms with van der Waals surface area (Å²) in [7, 11) is 1.84. The molecule has 2 aliphatic rings. The van der Waals surface area contributed by atoms with Crippen molar-refractivity contribution in [1.82, 2.24) is 9.80 Å². The van der Waals surface area contributed by atoms with Crippen molar-refractivity contribution < 1.29 is 19.4 Å². The van der Waals surface area contributed by atoms with Gasteiger partial charge in [0.25, 0.3) is 5.91 Å². The van der Waals surface area contributed by atoms with Gasteiger partial charge < -0.3 is 19.6 Å². The molecule has 0 bridgehead atoms. The summed E-state index contributed by atoms with van der Waals surface area (Å²) in [5.41, 5.74) is 3.46. The fraction of sp³-hybridized carbons (Fsp3) is 0.481. The first kappa shape index (κ1) is 23.5. The molecule has 1 saturated carbocycles. The van der Waals surface area contributed by atoms with Gasteiger partial charge in [-0.1, -0.05) is 49.4 Å². The number of ether oxygens (including phenoxy) is 1. The molecule has 0 spiro atoms. The molecule has 1 aliphatic carbocycles. The van der Waals surface area contributed by atoms with Crippen LogP contribution in [0.25, 0.3) is 11.1 Å². The van der Waals surface area contributed by atoms with Crippen molar-refractivity contribution in [3.05, 3.63) is 59.7 Å². The van der Waals surface area contributed by atoms with Crippen LogP contribution in [0.5, 0.6) is 0 Å². The molecule has 0 saturated heterocycles. The minimum Gasteiger partial charge on any atom is -0.394 e. The van der Waals surface area contributed by atoms with E-state index in [0.717, 1.165) is 29.5 Å². The summed E-state index contributed by atoms with van der Waals surface area (Å²) in [6.07, 6.45) is 1.69. The molecule has 0 aromatic heterocycles. The molecule has 1 aliphatic heterocycles. The van der Waals surface area contributed by atoms with Crippen LogP contribution in [0, 0.1) is 11.8 Å². The van der Waals surface area contributed by atoms with Gasteiger partial charge in [-0.25, -0.2) is 0 Å². The highest BCUT2D eigenvalue weighted by Crippen LogP contribution is 2.33. The maximum Gasteiger partial charge on any atom is 0.254 e. The first-order chi connectivity index (χ1) is 15.9. The normalized spacial score (nSPS) is 22.1. The topological polar surface area (TPSA) is 70.1 Å². The fourth-order valence-corrected chi connectivity index (χ4v) is 4.55. The van der Waals surface area contributed by atoms with Crippen molar-refractivity contribution in [2.45, 2.75) is 45.4 Å². The van der Waals surface area contributed by atoms with E-state index >= 15 is 0 Å². The number of aliphatic hydroxyl groups excluding tert-OH is 1. The van der Waals surface area contributed by atoms with Crippen LogP contribution < -0.4 is 0 Å². The van der Waals surface area contributed by atoms with E-state index in [1.165, 1.54) is 0 Å². The smallest absolute Gasteiger partial charge is 0.254 e. The summed E-state index contributed by atoms with van der Waals surface area (Å²) in [5, 5.41) is 9.91. The van der Waals surface area contributed by atoms with E-state index in [1.54, 1.807) is 9.80 Å². The van der Waals surface area contributed by atoms with Crippen LogP contribution in [0.2, 0.25) is 0 Å². The summed E-state index contributed by atoms with van der Waals surface area (Å²) in [4.78, 5) is 29.9. The average molecular weight is 451 g/mol. The number of hydrogen-bond donors (Lipinski definition) is 1. The lowest BCUT2D eigenvalue weighted by molar-refractivity contribution is -0.134. The van der Waals surface area contributed by atoms with Gasteiger partial charge in [-0.05, 0) is 42.5 Å². The van der Waals surface area contributed by atoms with Gasteiger partial charge in [0.05, 0.1) is 25.4 Å². The second kappa shape index (κ2) is 10.1. The average Bonchev–Trinajstić information content (AvgIpc) is 3.68. The van der Waals surface area contributed by atoms with E-state index in [2.05, 4.69) is 6.92 Å². The molecule has 176 valence electrons. The quantitative estimate of drug-likeness (QED) is 0.756. The lowest BCUT2D eigenvalue weighted by atomic mass is 9.94. The SMILES string of the molecule is C[C@@H]1CN([C@@H](C)CO)C(=O)c2ccccc2-c2ccccc2CO[C@H]1CN(C)C(=O)C1CC1. The van der Waals surface area contributed by atoms with Gasteiger partial charge in [-0.3, -0.25) is 9.59 Å².